The van der Waals surface area contributed by atoms with Gasteiger partial charge in [0.25, 0.3) is 5.91 Å². The number of benzene rings is 2. The van der Waals surface area contributed by atoms with Crippen LogP contribution in [-0.2, 0) is 0 Å². The topological polar surface area (TPSA) is 81.7 Å². The molecule has 30 heavy (non-hydrogen) atoms. The first-order chi connectivity index (χ1) is 14.6. The number of rotatable bonds is 6. The lowest BCUT2D eigenvalue weighted by molar-refractivity contribution is 0.1000. The smallest absolute Gasteiger partial charge is 0.250 e. The van der Waals surface area contributed by atoms with Crippen LogP contribution >= 0.6 is 0 Å². The first kappa shape index (κ1) is 18.2. The highest BCUT2D eigenvalue weighted by molar-refractivity contribution is 5.98. The van der Waals surface area contributed by atoms with Crippen molar-refractivity contribution in [2.45, 2.75) is 25.7 Å². The summed E-state index contributed by atoms with van der Waals surface area (Å²) in [6, 6.07) is 19.6. The lowest BCUT2D eigenvalue weighted by Crippen LogP contribution is -2.10. The van der Waals surface area contributed by atoms with Crippen LogP contribution in [0.3, 0.4) is 0 Å². The molecule has 0 saturated heterocycles. The number of nitrogens with zero attached hydrogens (tertiary/aromatic N) is 2. The van der Waals surface area contributed by atoms with Crippen molar-refractivity contribution in [1.29, 1.82) is 0 Å². The van der Waals surface area contributed by atoms with Crippen LogP contribution in [-0.4, -0.2) is 15.5 Å². The quantitative estimate of drug-likeness (QED) is 0.470. The molecule has 4 aromatic rings. The number of nitrogens with two attached hydrogens (primary N) is 1. The van der Waals surface area contributed by atoms with Crippen LogP contribution < -0.4 is 15.8 Å². The zero-order chi connectivity index (χ0) is 20.7. The van der Waals surface area contributed by atoms with Crippen molar-refractivity contribution >= 4 is 22.8 Å². The number of nitrogens with one attached hydrogen (secondary N) is 1. The number of hydrogen-bond acceptors (Lipinski definition) is 4. The number of para-hydroxylation sites is 1. The number of anilines is 2. The van der Waals surface area contributed by atoms with Gasteiger partial charge in [-0.1, -0.05) is 18.2 Å². The summed E-state index contributed by atoms with van der Waals surface area (Å²) in [4.78, 5) is 11.8. The van der Waals surface area contributed by atoms with E-state index in [1.807, 2.05) is 61.5 Å². The van der Waals surface area contributed by atoms with Gasteiger partial charge in [0.2, 0.25) is 0 Å². The average molecular weight is 398 g/mol. The Hall–Kier alpha value is -3.80. The molecular weight excluding hydrogens is 376 g/mol. The second kappa shape index (κ2) is 7.22. The Morgan fingerprint density at radius 3 is 2.47 bits per heavy atom. The van der Waals surface area contributed by atoms with E-state index in [1.54, 1.807) is 10.7 Å². The molecule has 1 amide bonds. The number of carbonyl (C=O) groups is 1. The zero-order valence-corrected chi connectivity index (χ0v) is 16.6. The van der Waals surface area contributed by atoms with Gasteiger partial charge in [0.1, 0.15) is 11.5 Å². The number of amides is 1. The summed E-state index contributed by atoms with van der Waals surface area (Å²) in [6.07, 6.45) is 4.01. The van der Waals surface area contributed by atoms with Gasteiger partial charge in [-0.15, -0.1) is 0 Å². The molecule has 0 aliphatic heterocycles. The van der Waals surface area contributed by atoms with E-state index in [-0.39, 0.29) is 0 Å². The molecule has 3 N–H and O–H groups in total. The van der Waals surface area contributed by atoms with E-state index in [1.165, 1.54) is 0 Å². The summed E-state index contributed by atoms with van der Waals surface area (Å²) in [7, 11) is 0. The molecule has 1 saturated carbocycles. The van der Waals surface area contributed by atoms with Crippen LogP contribution in [0, 0.1) is 6.92 Å². The molecule has 5 rings (SSSR count). The molecule has 0 bridgehead atoms. The van der Waals surface area contributed by atoms with E-state index in [4.69, 9.17) is 15.6 Å². The Morgan fingerprint density at radius 1 is 1.10 bits per heavy atom. The SMILES string of the molecule is Cc1c(C(N)=O)cn2nc(C3CC3)cc(Nc3ccc(Oc4ccccc4)cc3)c12. The van der Waals surface area contributed by atoms with E-state index < -0.39 is 5.91 Å². The summed E-state index contributed by atoms with van der Waals surface area (Å²) in [5.74, 6) is 1.60. The number of ether oxygens (including phenoxy) is 1. The Bertz CT molecular complexity index is 1230. The van der Waals surface area contributed by atoms with E-state index in [2.05, 4.69) is 11.4 Å². The predicted octanol–water partition coefficient (Wildman–Crippen LogP) is 5.15. The summed E-state index contributed by atoms with van der Waals surface area (Å²) in [6.45, 7) is 1.90. The molecule has 1 aliphatic rings. The highest BCUT2D eigenvalue weighted by Crippen LogP contribution is 2.41. The molecule has 0 atom stereocenters. The summed E-state index contributed by atoms with van der Waals surface area (Å²) < 4.78 is 7.64. The molecule has 2 aromatic heterocycles. The molecule has 6 heteroatoms. The van der Waals surface area contributed by atoms with Crippen LogP contribution in [0.15, 0.2) is 66.9 Å². The third-order valence-corrected chi connectivity index (χ3v) is 5.38. The van der Waals surface area contributed by atoms with Crippen molar-refractivity contribution < 1.29 is 9.53 Å². The number of fused-ring (bicyclic) bond motifs is 1. The Kier molecular flexibility index (Phi) is 4.39. The minimum atomic E-state index is -0.445. The summed E-state index contributed by atoms with van der Waals surface area (Å²) in [5, 5.41) is 8.20. The van der Waals surface area contributed by atoms with Gasteiger partial charge in [0.05, 0.1) is 22.5 Å². The highest BCUT2D eigenvalue weighted by atomic mass is 16.5. The standard InChI is InChI=1S/C24H22N4O2/c1-15-20(24(25)29)14-28-23(15)22(13-21(27-28)16-7-8-16)26-17-9-11-19(12-10-17)30-18-5-3-2-4-6-18/h2-6,9-14,16,26H,7-8H2,1H3,(H2,25,29). The lowest BCUT2D eigenvalue weighted by atomic mass is 10.1. The van der Waals surface area contributed by atoms with Crippen molar-refractivity contribution in [2.75, 3.05) is 5.32 Å². The molecule has 6 nitrogen and oxygen atoms in total. The highest BCUT2D eigenvalue weighted by Gasteiger charge is 2.27. The van der Waals surface area contributed by atoms with Crippen LogP contribution in [0.5, 0.6) is 11.5 Å². The van der Waals surface area contributed by atoms with Gasteiger partial charge in [-0.2, -0.15) is 5.10 Å². The number of hydrogen-bond donors (Lipinski definition) is 2. The second-order valence-electron chi connectivity index (χ2n) is 7.65. The largest absolute Gasteiger partial charge is 0.457 e. The summed E-state index contributed by atoms with van der Waals surface area (Å²) in [5.41, 5.74) is 10.6. The van der Waals surface area contributed by atoms with E-state index in [0.29, 0.717) is 11.5 Å². The van der Waals surface area contributed by atoms with Crippen molar-refractivity contribution in [2.24, 2.45) is 5.73 Å². The summed E-state index contributed by atoms with van der Waals surface area (Å²) >= 11 is 0. The van der Waals surface area contributed by atoms with E-state index in [0.717, 1.165) is 52.5 Å². The molecule has 0 radical (unpaired) electrons. The first-order valence-corrected chi connectivity index (χ1v) is 10.0. The average Bonchev–Trinajstić information content (AvgIpc) is 3.54. The van der Waals surface area contributed by atoms with Gasteiger partial charge in [-0.05, 0) is 67.8 Å². The van der Waals surface area contributed by atoms with Gasteiger partial charge in [-0.3, -0.25) is 4.79 Å². The predicted molar refractivity (Wildman–Crippen MR) is 117 cm³/mol. The van der Waals surface area contributed by atoms with Crippen molar-refractivity contribution in [3.8, 4) is 11.5 Å². The molecule has 0 spiro atoms. The normalized spacial score (nSPS) is 13.4. The number of aryl methyl sites for hydroxylation is 1. The fraction of sp³-hybridized carbons (Fsp3) is 0.167. The van der Waals surface area contributed by atoms with Crippen molar-refractivity contribution in [3.63, 3.8) is 0 Å². The van der Waals surface area contributed by atoms with Gasteiger partial charge < -0.3 is 15.8 Å². The van der Waals surface area contributed by atoms with Gasteiger partial charge in [-0.25, -0.2) is 4.52 Å². The Morgan fingerprint density at radius 2 is 1.80 bits per heavy atom. The van der Waals surface area contributed by atoms with E-state index in [9.17, 15) is 4.79 Å². The van der Waals surface area contributed by atoms with E-state index >= 15 is 0 Å². The fourth-order valence-corrected chi connectivity index (χ4v) is 3.67. The Labute approximate surface area is 174 Å². The van der Waals surface area contributed by atoms with Crippen LogP contribution in [0.4, 0.5) is 11.4 Å². The van der Waals surface area contributed by atoms with Crippen molar-refractivity contribution in [1.82, 2.24) is 9.61 Å². The Balaban J connectivity index is 1.47. The first-order valence-electron chi connectivity index (χ1n) is 10.0. The van der Waals surface area contributed by atoms with Gasteiger partial charge in [0, 0.05) is 17.8 Å². The fourth-order valence-electron chi connectivity index (χ4n) is 3.67. The third-order valence-electron chi connectivity index (χ3n) is 5.38. The minimum absolute atomic E-state index is 0.445. The number of carbonyl (C=O) groups excluding carboxylic acids is 1. The maximum atomic E-state index is 11.8. The molecule has 0 unspecified atom stereocenters. The molecule has 2 aromatic carbocycles. The number of primary amides is 1. The number of aromatic nitrogens is 2. The molecular formula is C24H22N4O2. The zero-order valence-electron chi connectivity index (χ0n) is 16.6. The van der Waals surface area contributed by atoms with Crippen LogP contribution in [0.1, 0.15) is 40.4 Å². The molecule has 2 heterocycles. The molecule has 1 fully saturated rings. The second-order valence-corrected chi connectivity index (χ2v) is 7.65. The van der Waals surface area contributed by atoms with Gasteiger partial charge >= 0.3 is 0 Å². The van der Waals surface area contributed by atoms with Gasteiger partial charge in [0.15, 0.2) is 0 Å². The van der Waals surface area contributed by atoms with Crippen molar-refractivity contribution in [3.05, 3.63) is 83.7 Å². The molecule has 1 aliphatic carbocycles. The van der Waals surface area contributed by atoms with Crippen LogP contribution in [0.25, 0.3) is 5.52 Å². The monoisotopic (exact) mass is 398 g/mol. The van der Waals surface area contributed by atoms with Crippen LogP contribution in [0.2, 0.25) is 0 Å². The molecule has 150 valence electrons. The lowest BCUT2D eigenvalue weighted by Gasteiger charge is -2.12. The maximum Gasteiger partial charge on any atom is 0.250 e. The maximum absolute atomic E-state index is 11.8. The third kappa shape index (κ3) is 3.48. The minimum Gasteiger partial charge on any atom is -0.457 e.